The van der Waals surface area contributed by atoms with Crippen LogP contribution in [0.25, 0.3) is 11.1 Å². The Kier molecular flexibility index (Phi) is 5.33. The smallest absolute Gasteiger partial charge is 0.339 e. The van der Waals surface area contributed by atoms with Gasteiger partial charge in [0.05, 0.1) is 23.1 Å². The third-order valence-electron chi connectivity index (χ3n) is 5.31. The van der Waals surface area contributed by atoms with Crippen molar-refractivity contribution in [3.8, 4) is 17.2 Å². The van der Waals surface area contributed by atoms with Gasteiger partial charge in [0.2, 0.25) is 5.91 Å². The van der Waals surface area contributed by atoms with Gasteiger partial charge in [-0.3, -0.25) is 9.59 Å². The molecule has 3 aromatic rings. The number of carbonyl (C=O) groups excluding carboxylic acids is 3. The number of amides is 1. The Morgan fingerprint density at radius 2 is 1.74 bits per heavy atom. The number of ketones is 1. The highest BCUT2D eigenvalue weighted by molar-refractivity contribution is 6.05. The largest absolute Gasteiger partial charge is 0.454 e. The van der Waals surface area contributed by atoms with Crippen LogP contribution in [0.2, 0.25) is 0 Å². The van der Waals surface area contributed by atoms with Crippen molar-refractivity contribution < 1.29 is 19.1 Å². The lowest BCUT2D eigenvalue weighted by Crippen LogP contribution is -2.15. The van der Waals surface area contributed by atoms with E-state index in [2.05, 4.69) is 11.4 Å². The lowest BCUT2D eigenvalue weighted by Gasteiger charge is -2.11. The minimum absolute atomic E-state index is 0.111. The summed E-state index contributed by atoms with van der Waals surface area (Å²) in [4.78, 5) is 37.1. The Bertz CT molecular complexity index is 1260. The van der Waals surface area contributed by atoms with Gasteiger partial charge in [0.1, 0.15) is 0 Å². The fourth-order valence-electron chi connectivity index (χ4n) is 3.59. The first-order chi connectivity index (χ1) is 15.0. The van der Waals surface area contributed by atoms with E-state index in [1.807, 2.05) is 0 Å². The molecule has 1 amide bonds. The molecule has 1 aliphatic heterocycles. The Labute approximate surface area is 179 Å². The first-order valence-corrected chi connectivity index (χ1v) is 9.73. The molecule has 0 aromatic heterocycles. The topological polar surface area (TPSA) is 96.3 Å². The summed E-state index contributed by atoms with van der Waals surface area (Å²) in [6.45, 7) is 1.34. The number of nitriles is 1. The fourth-order valence-corrected chi connectivity index (χ4v) is 3.59. The molecule has 0 bridgehead atoms. The van der Waals surface area contributed by atoms with Crippen LogP contribution in [0.4, 0.5) is 5.69 Å². The van der Waals surface area contributed by atoms with E-state index in [0.29, 0.717) is 27.9 Å². The minimum atomic E-state index is -0.650. The van der Waals surface area contributed by atoms with Crippen molar-refractivity contribution in [3.63, 3.8) is 0 Å². The molecule has 1 aliphatic rings. The molecule has 6 heteroatoms. The second kappa shape index (κ2) is 8.25. The number of benzene rings is 3. The number of nitrogens with one attached hydrogen (secondary N) is 1. The normalized spacial score (nSPS) is 14.3. The van der Waals surface area contributed by atoms with Crippen LogP contribution in [0.5, 0.6) is 0 Å². The van der Waals surface area contributed by atoms with E-state index < -0.39 is 12.6 Å². The zero-order valence-corrected chi connectivity index (χ0v) is 16.7. The molecule has 3 aromatic carbocycles. The van der Waals surface area contributed by atoms with Crippen LogP contribution < -0.4 is 5.32 Å². The summed E-state index contributed by atoms with van der Waals surface area (Å²) < 4.78 is 5.29. The second-order valence-corrected chi connectivity index (χ2v) is 7.22. The summed E-state index contributed by atoms with van der Waals surface area (Å²) in [5.41, 5.74) is 3.71. The molecule has 4 rings (SSSR count). The summed E-state index contributed by atoms with van der Waals surface area (Å²) in [7, 11) is 0. The molecule has 1 N–H and O–H groups in total. The highest BCUT2D eigenvalue weighted by Crippen LogP contribution is 2.33. The molecule has 0 unspecified atom stereocenters. The SMILES string of the molecule is C[C@@H]1C(=O)Nc2ccc(C(=O)COC(=O)c3ccccc3-c3ccccc3C#N)cc21. The van der Waals surface area contributed by atoms with E-state index >= 15 is 0 Å². The molecule has 1 atom stereocenters. The van der Waals surface area contributed by atoms with Crippen molar-refractivity contribution in [2.75, 3.05) is 11.9 Å². The molecule has 0 saturated heterocycles. The average molecular weight is 410 g/mol. The van der Waals surface area contributed by atoms with Gasteiger partial charge in [-0.15, -0.1) is 0 Å². The number of carbonyl (C=O) groups is 3. The molecule has 0 radical (unpaired) electrons. The number of nitrogens with zero attached hydrogens (tertiary/aromatic N) is 1. The molecule has 0 spiro atoms. The van der Waals surface area contributed by atoms with Crippen LogP contribution in [-0.4, -0.2) is 24.3 Å². The van der Waals surface area contributed by atoms with Gasteiger partial charge in [0, 0.05) is 16.8 Å². The molecule has 152 valence electrons. The molecule has 31 heavy (non-hydrogen) atoms. The van der Waals surface area contributed by atoms with Crippen LogP contribution in [0, 0.1) is 11.3 Å². The van der Waals surface area contributed by atoms with Crippen molar-refractivity contribution >= 4 is 23.3 Å². The highest BCUT2D eigenvalue weighted by Gasteiger charge is 2.27. The number of hydrogen-bond acceptors (Lipinski definition) is 5. The number of Topliss-reactive ketones (excluding diaryl/α,β-unsaturated/α-hetero) is 1. The maximum absolute atomic E-state index is 12.7. The Morgan fingerprint density at radius 1 is 1.03 bits per heavy atom. The molecular formula is C25H18N2O4. The maximum Gasteiger partial charge on any atom is 0.339 e. The zero-order valence-electron chi connectivity index (χ0n) is 16.7. The third kappa shape index (κ3) is 3.81. The predicted octanol–water partition coefficient (Wildman–Crippen LogP) is 4.32. The van der Waals surface area contributed by atoms with E-state index in [4.69, 9.17) is 4.74 Å². The van der Waals surface area contributed by atoms with Gasteiger partial charge in [0.15, 0.2) is 12.4 Å². The summed E-state index contributed by atoms with van der Waals surface area (Å²) in [5, 5.41) is 12.1. The highest BCUT2D eigenvalue weighted by atomic mass is 16.5. The molecular weight excluding hydrogens is 392 g/mol. The van der Waals surface area contributed by atoms with Gasteiger partial charge in [-0.1, -0.05) is 36.4 Å². The van der Waals surface area contributed by atoms with Crippen LogP contribution in [-0.2, 0) is 9.53 Å². The van der Waals surface area contributed by atoms with Crippen molar-refractivity contribution in [2.24, 2.45) is 0 Å². The minimum Gasteiger partial charge on any atom is -0.454 e. The number of fused-ring (bicyclic) bond motifs is 1. The predicted molar refractivity (Wildman–Crippen MR) is 115 cm³/mol. The van der Waals surface area contributed by atoms with Gasteiger partial charge >= 0.3 is 5.97 Å². The molecule has 0 aliphatic carbocycles. The van der Waals surface area contributed by atoms with E-state index in [9.17, 15) is 19.6 Å². The van der Waals surface area contributed by atoms with E-state index in [1.165, 1.54) is 0 Å². The van der Waals surface area contributed by atoms with E-state index in [1.54, 1.807) is 73.7 Å². The van der Waals surface area contributed by atoms with Crippen LogP contribution in [0.3, 0.4) is 0 Å². The quantitative estimate of drug-likeness (QED) is 0.499. The van der Waals surface area contributed by atoms with E-state index in [-0.39, 0.29) is 23.2 Å². The Balaban J connectivity index is 1.53. The molecule has 1 heterocycles. The number of rotatable bonds is 5. The standard InChI is InChI=1S/C25H18N2O4/c1-15-21-12-16(10-11-22(21)27-24(15)29)23(28)14-31-25(30)20-9-5-4-8-19(20)18-7-3-2-6-17(18)13-26/h2-12,15H,14H2,1H3,(H,27,29)/t15-/m0/s1. The summed E-state index contributed by atoms with van der Waals surface area (Å²) in [6, 6.07) is 20.8. The Morgan fingerprint density at radius 3 is 2.52 bits per heavy atom. The van der Waals surface area contributed by atoms with Crippen molar-refractivity contribution in [3.05, 3.63) is 89.0 Å². The monoisotopic (exact) mass is 410 g/mol. The number of ether oxygens (including phenoxy) is 1. The van der Waals surface area contributed by atoms with Crippen molar-refractivity contribution in [1.82, 2.24) is 0 Å². The van der Waals surface area contributed by atoms with Gasteiger partial charge in [0.25, 0.3) is 0 Å². The fraction of sp³-hybridized carbons (Fsp3) is 0.120. The first-order valence-electron chi connectivity index (χ1n) is 9.73. The summed E-state index contributed by atoms with van der Waals surface area (Å²) in [6.07, 6.45) is 0. The first kappa shape index (κ1) is 20.0. The Hall–Kier alpha value is -4.24. The van der Waals surface area contributed by atoms with Gasteiger partial charge in [-0.2, -0.15) is 5.26 Å². The van der Waals surface area contributed by atoms with Gasteiger partial charge in [-0.05, 0) is 48.4 Å². The van der Waals surface area contributed by atoms with E-state index in [0.717, 1.165) is 5.56 Å². The van der Waals surface area contributed by atoms with Crippen molar-refractivity contribution in [2.45, 2.75) is 12.8 Å². The van der Waals surface area contributed by atoms with Gasteiger partial charge in [-0.25, -0.2) is 4.79 Å². The van der Waals surface area contributed by atoms with Crippen LogP contribution in [0.15, 0.2) is 66.7 Å². The summed E-state index contributed by atoms with van der Waals surface area (Å²) >= 11 is 0. The zero-order chi connectivity index (χ0) is 22.0. The lowest BCUT2D eigenvalue weighted by atomic mass is 9.96. The van der Waals surface area contributed by atoms with Crippen LogP contribution in [0.1, 0.15) is 44.7 Å². The molecule has 6 nitrogen and oxygen atoms in total. The van der Waals surface area contributed by atoms with Crippen LogP contribution >= 0.6 is 0 Å². The number of anilines is 1. The average Bonchev–Trinajstić information content (AvgIpc) is 3.10. The molecule has 0 fully saturated rings. The van der Waals surface area contributed by atoms with Crippen molar-refractivity contribution in [1.29, 1.82) is 5.26 Å². The van der Waals surface area contributed by atoms with Gasteiger partial charge < -0.3 is 10.1 Å². The second-order valence-electron chi connectivity index (χ2n) is 7.22. The lowest BCUT2D eigenvalue weighted by molar-refractivity contribution is -0.116. The number of esters is 1. The number of hydrogen-bond donors (Lipinski definition) is 1. The molecule has 0 saturated carbocycles. The summed E-state index contributed by atoms with van der Waals surface area (Å²) in [5.74, 6) is -1.46. The third-order valence-corrected chi connectivity index (χ3v) is 5.31. The maximum atomic E-state index is 12.7.